The number of H-pyrrole nitrogens is 1. The van der Waals surface area contributed by atoms with E-state index in [9.17, 15) is 9.90 Å². The molecule has 0 saturated heterocycles. The number of methoxy groups -OCH3 is 1. The number of carbonyl (C=O) groups excluding carboxylic acids is 1. The first-order chi connectivity index (χ1) is 10.0. The van der Waals surface area contributed by atoms with E-state index in [1.165, 1.54) is 12.0 Å². The zero-order valence-corrected chi connectivity index (χ0v) is 12.9. The second kappa shape index (κ2) is 6.93. The lowest BCUT2D eigenvalue weighted by atomic mass is 10.1. The van der Waals surface area contributed by atoms with Crippen LogP contribution in [0.1, 0.15) is 5.56 Å². The lowest BCUT2D eigenvalue weighted by Gasteiger charge is -2.20. The van der Waals surface area contributed by atoms with Crippen LogP contribution in [0.4, 0.5) is 0 Å². The maximum Gasteiger partial charge on any atom is 0.226 e. The molecular formula is C15H19ClN2O3. The fourth-order valence-electron chi connectivity index (χ4n) is 2.26. The highest BCUT2D eigenvalue weighted by Crippen LogP contribution is 2.23. The van der Waals surface area contributed by atoms with Crippen molar-refractivity contribution in [1.82, 2.24) is 9.88 Å². The van der Waals surface area contributed by atoms with Gasteiger partial charge in [-0.1, -0.05) is 11.6 Å². The molecule has 1 aromatic heterocycles. The molecule has 0 saturated carbocycles. The Balaban J connectivity index is 2.05. The van der Waals surface area contributed by atoms with Gasteiger partial charge in [-0.2, -0.15) is 0 Å². The van der Waals surface area contributed by atoms with E-state index in [0.29, 0.717) is 5.02 Å². The number of amides is 1. The van der Waals surface area contributed by atoms with Crippen LogP contribution in [0.3, 0.4) is 0 Å². The molecule has 0 fully saturated rings. The fraction of sp³-hybridized carbons (Fsp3) is 0.400. The first kappa shape index (κ1) is 15.8. The second-order valence-corrected chi connectivity index (χ2v) is 5.50. The standard InChI is InChI=1S/C15H19ClN2O3/c1-18(8-12(19)9-21-2)15(20)5-10-7-17-14-4-3-11(16)6-13(10)14/h3-4,6-7,12,17,19H,5,8-9H2,1-2H3/t12-/m0/s1. The van der Waals surface area contributed by atoms with E-state index in [2.05, 4.69) is 4.98 Å². The average molecular weight is 311 g/mol. The van der Waals surface area contributed by atoms with E-state index in [1.807, 2.05) is 18.3 Å². The van der Waals surface area contributed by atoms with Gasteiger partial charge in [0, 0.05) is 42.8 Å². The third-order valence-electron chi connectivity index (χ3n) is 3.34. The first-order valence-corrected chi connectivity index (χ1v) is 7.05. The van der Waals surface area contributed by atoms with Gasteiger partial charge in [-0.05, 0) is 23.8 Å². The quantitative estimate of drug-likeness (QED) is 0.855. The van der Waals surface area contributed by atoms with Gasteiger partial charge in [0.15, 0.2) is 0 Å². The third kappa shape index (κ3) is 3.97. The van der Waals surface area contributed by atoms with Crippen LogP contribution in [-0.2, 0) is 16.0 Å². The molecule has 0 unspecified atom stereocenters. The summed E-state index contributed by atoms with van der Waals surface area (Å²) < 4.78 is 4.85. The van der Waals surface area contributed by atoms with E-state index < -0.39 is 6.10 Å². The molecule has 0 aliphatic heterocycles. The normalized spacial score (nSPS) is 12.6. The summed E-state index contributed by atoms with van der Waals surface area (Å²) in [4.78, 5) is 16.8. The van der Waals surface area contributed by atoms with Crippen LogP contribution in [0.25, 0.3) is 10.9 Å². The Morgan fingerprint density at radius 2 is 2.29 bits per heavy atom. The summed E-state index contributed by atoms with van der Waals surface area (Å²) in [6.45, 7) is 0.454. The van der Waals surface area contributed by atoms with Crippen molar-refractivity contribution >= 4 is 28.4 Å². The smallest absolute Gasteiger partial charge is 0.226 e. The summed E-state index contributed by atoms with van der Waals surface area (Å²) in [6, 6.07) is 5.53. The van der Waals surface area contributed by atoms with Crippen LogP contribution in [0, 0.1) is 0 Å². The van der Waals surface area contributed by atoms with Crippen LogP contribution in [-0.4, -0.2) is 54.3 Å². The number of nitrogens with one attached hydrogen (secondary N) is 1. The minimum absolute atomic E-state index is 0.0639. The highest BCUT2D eigenvalue weighted by Gasteiger charge is 2.16. The van der Waals surface area contributed by atoms with Gasteiger partial charge in [-0.25, -0.2) is 0 Å². The molecule has 2 aromatic rings. The number of rotatable bonds is 6. The summed E-state index contributed by atoms with van der Waals surface area (Å²) in [5, 5.41) is 11.2. The Morgan fingerprint density at radius 3 is 3.00 bits per heavy atom. The summed E-state index contributed by atoms with van der Waals surface area (Å²) >= 11 is 5.99. The van der Waals surface area contributed by atoms with Gasteiger partial charge in [0.25, 0.3) is 0 Å². The number of fused-ring (bicyclic) bond motifs is 1. The number of aliphatic hydroxyl groups excluding tert-OH is 1. The summed E-state index contributed by atoms with van der Waals surface area (Å²) in [7, 11) is 3.18. The zero-order chi connectivity index (χ0) is 15.4. The molecule has 0 spiro atoms. The molecule has 1 aromatic carbocycles. The molecule has 114 valence electrons. The molecule has 2 rings (SSSR count). The van der Waals surface area contributed by atoms with E-state index in [0.717, 1.165) is 16.5 Å². The summed E-state index contributed by atoms with van der Waals surface area (Å²) in [5.41, 5.74) is 1.84. The Kier molecular flexibility index (Phi) is 5.22. The highest BCUT2D eigenvalue weighted by atomic mass is 35.5. The van der Waals surface area contributed by atoms with Crippen LogP contribution < -0.4 is 0 Å². The number of benzene rings is 1. The van der Waals surface area contributed by atoms with E-state index >= 15 is 0 Å². The minimum atomic E-state index is -0.679. The maximum absolute atomic E-state index is 12.2. The average Bonchev–Trinajstić information content (AvgIpc) is 2.81. The van der Waals surface area contributed by atoms with Crippen LogP contribution >= 0.6 is 11.6 Å². The molecule has 1 atom stereocenters. The molecule has 0 bridgehead atoms. The fourth-order valence-corrected chi connectivity index (χ4v) is 2.43. The van der Waals surface area contributed by atoms with Gasteiger partial charge in [0.2, 0.25) is 5.91 Å². The number of nitrogens with zero attached hydrogens (tertiary/aromatic N) is 1. The maximum atomic E-state index is 12.2. The third-order valence-corrected chi connectivity index (χ3v) is 3.58. The van der Waals surface area contributed by atoms with Crippen LogP contribution in [0.15, 0.2) is 24.4 Å². The first-order valence-electron chi connectivity index (χ1n) is 6.67. The number of carbonyl (C=O) groups is 1. The molecule has 0 radical (unpaired) electrons. The van der Waals surface area contributed by atoms with Crippen molar-refractivity contribution in [3.63, 3.8) is 0 Å². The minimum Gasteiger partial charge on any atom is -0.389 e. The zero-order valence-electron chi connectivity index (χ0n) is 12.1. The van der Waals surface area contributed by atoms with Gasteiger partial charge in [0.1, 0.15) is 0 Å². The van der Waals surface area contributed by atoms with Crippen LogP contribution in [0.2, 0.25) is 5.02 Å². The predicted molar refractivity (Wildman–Crippen MR) is 82.5 cm³/mol. The summed E-state index contributed by atoms with van der Waals surface area (Å²) in [5.74, 6) is -0.0639. The number of ether oxygens (including phenoxy) is 1. The van der Waals surface area contributed by atoms with E-state index in [-0.39, 0.29) is 25.5 Å². The Hall–Kier alpha value is -1.56. The topological polar surface area (TPSA) is 65.6 Å². The van der Waals surface area contributed by atoms with Gasteiger partial charge in [-0.3, -0.25) is 4.79 Å². The van der Waals surface area contributed by atoms with Gasteiger partial charge in [-0.15, -0.1) is 0 Å². The van der Waals surface area contributed by atoms with E-state index in [4.69, 9.17) is 16.3 Å². The second-order valence-electron chi connectivity index (χ2n) is 5.06. The SMILES string of the molecule is COC[C@@H](O)CN(C)C(=O)Cc1c[nH]c2ccc(Cl)cc12. The van der Waals surface area contributed by atoms with Crippen molar-refractivity contribution in [2.45, 2.75) is 12.5 Å². The number of hydrogen-bond donors (Lipinski definition) is 2. The van der Waals surface area contributed by atoms with Gasteiger partial charge >= 0.3 is 0 Å². The molecule has 1 heterocycles. The number of aromatic amines is 1. The molecule has 2 N–H and O–H groups in total. The molecule has 1 amide bonds. The molecular weight excluding hydrogens is 292 g/mol. The van der Waals surface area contributed by atoms with Crippen molar-refractivity contribution in [2.75, 3.05) is 27.3 Å². The number of likely N-dealkylation sites (N-methyl/N-ethyl adjacent to an activating group) is 1. The van der Waals surface area contributed by atoms with E-state index in [1.54, 1.807) is 13.1 Å². The molecule has 0 aliphatic rings. The van der Waals surface area contributed by atoms with Crippen molar-refractivity contribution in [3.8, 4) is 0 Å². The Labute approximate surface area is 128 Å². The molecule has 6 heteroatoms. The monoisotopic (exact) mass is 310 g/mol. The number of aromatic nitrogens is 1. The van der Waals surface area contributed by atoms with Crippen molar-refractivity contribution in [3.05, 3.63) is 35.0 Å². The van der Waals surface area contributed by atoms with Crippen molar-refractivity contribution < 1.29 is 14.6 Å². The van der Waals surface area contributed by atoms with Crippen molar-refractivity contribution in [1.29, 1.82) is 0 Å². The largest absolute Gasteiger partial charge is 0.389 e. The Morgan fingerprint density at radius 1 is 1.52 bits per heavy atom. The summed E-state index contributed by atoms with van der Waals surface area (Å²) in [6.07, 6.45) is 1.40. The van der Waals surface area contributed by atoms with Gasteiger partial charge < -0.3 is 19.7 Å². The Bertz CT molecular complexity index is 626. The molecule has 5 nitrogen and oxygen atoms in total. The molecule has 0 aliphatic carbocycles. The predicted octanol–water partition coefficient (Wildman–Crippen LogP) is 1.83. The van der Waals surface area contributed by atoms with Gasteiger partial charge in [0.05, 0.1) is 19.1 Å². The number of hydrogen-bond acceptors (Lipinski definition) is 3. The van der Waals surface area contributed by atoms with Crippen molar-refractivity contribution in [2.24, 2.45) is 0 Å². The lowest BCUT2D eigenvalue weighted by molar-refractivity contribution is -0.130. The van der Waals surface area contributed by atoms with Crippen LogP contribution in [0.5, 0.6) is 0 Å². The molecule has 21 heavy (non-hydrogen) atoms. The highest BCUT2D eigenvalue weighted by molar-refractivity contribution is 6.31. The number of aliphatic hydroxyl groups is 1. The number of halogens is 1. The lowest BCUT2D eigenvalue weighted by Crippen LogP contribution is -2.37.